The van der Waals surface area contributed by atoms with Gasteiger partial charge in [-0.1, -0.05) is 0 Å². The van der Waals surface area contributed by atoms with Gasteiger partial charge in [0.25, 0.3) is 0 Å². The monoisotopic (exact) mass is 521 g/mol. The Hall–Kier alpha value is -3.27. The molecule has 0 bridgehead atoms. The highest BCUT2D eigenvalue weighted by Gasteiger charge is 2.46. The van der Waals surface area contributed by atoms with E-state index in [1.54, 1.807) is 6.07 Å². The van der Waals surface area contributed by atoms with Crippen LogP contribution in [0.1, 0.15) is 38.5 Å². The van der Waals surface area contributed by atoms with E-state index in [2.05, 4.69) is 35.3 Å². The lowest BCUT2D eigenvalue weighted by Gasteiger charge is -2.53. The molecule has 3 aliphatic heterocycles. The quantitative estimate of drug-likeness (QED) is 0.561. The number of halogens is 1. The summed E-state index contributed by atoms with van der Waals surface area (Å²) in [6.07, 6.45) is 9.41. The number of rotatable bonds is 6. The summed E-state index contributed by atoms with van der Waals surface area (Å²) in [7, 11) is 0. The molecule has 2 N–H and O–H groups in total. The smallest absolute Gasteiger partial charge is 0.249 e. The Morgan fingerprint density at radius 3 is 2.42 bits per heavy atom. The first kappa shape index (κ1) is 25.0. The minimum absolute atomic E-state index is 0.259. The van der Waals surface area contributed by atoms with Gasteiger partial charge in [0.15, 0.2) is 0 Å². The van der Waals surface area contributed by atoms with E-state index in [0.29, 0.717) is 29.6 Å². The van der Waals surface area contributed by atoms with Crippen LogP contribution in [0.25, 0.3) is 0 Å². The van der Waals surface area contributed by atoms with Crippen LogP contribution in [0.4, 0.5) is 21.7 Å². The van der Waals surface area contributed by atoms with Crippen molar-refractivity contribution in [3.63, 3.8) is 0 Å². The van der Waals surface area contributed by atoms with Gasteiger partial charge in [0.05, 0.1) is 5.69 Å². The van der Waals surface area contributed by atoms with Crippen LogP contribution >= 0.6 is 0 Å². The molecule has 2 aromatic rings. The largest absolute Gasteiger partial charge is 0.374 e. The zero-order valence-corrected chi connectivity index (χ0v) is 21.7. The molecule has 4 fully saturated rings. The fraction of sp³-hybridized carbons (Fsp3) is 0.571. The first-order valence-electron chi connectivity index (χ1n) is 13.9. The van der Waals surface area contributed by atoms with Gasteiger partial charge < -0.3 is 15.1 Å². The zero-order valence-electron chi connectivity index (χ0n) is 21.7. The van der Waals surface area contributed by atoms with Crippen molar-refractivity contribution in [3.8, 4) is 0 Å². The Balaban J connectivity index is 0.942. The van der Waals surface area contributed by atoms with Gasteiger partial charge in [0.2, 0.25) is 17.8 Å². The van der Waals surface area contributed by atoms with Crippen molar-refractivity contribution in [2.75, 3.05) is 60.9 Å². The van der Waals surface area contributed by atoms with Gasteiger partial charge in [0, 0.05) is 70.3 Å². The van der Waals surface area contributed by atoms with Crippen LogP contribution in [0.5, 0.6) is 0 Å². The molecule has 10 heteroatoms. The lowest BCUT2D eigenvalue weighted by atomic mass is 9.57. The average Bonchev–Trinajstić information content (AvgIpc) is 2.91. The summed E-state index contributed by atoms with van der Waals surface area (Å²) in [5.74, 6) is 0.712. The molecule has 1 spiro atoms. The van der Waals surface area contributed by atoms with E-state index in [1.807, 2.05) is 24.5 Å². The van der Waals surface area contributed by atoms with E-state index < -0.39 is 6.04 Å². The molecule has 1 unspecified atom stereocenters. The Morgan fingerprint density at radius 1 is 1.00 bits per heavy atom. The van der Waals surface area contributed by atoms with Crippen LogP contribution in [-0.2, 0) is 9.59 Å². The number of imide groups is 1. The van der Waals surface area contributed by atoms with Crippen LogP contribution < -0.4 is 20.4 Å². The molecule has 1 saturated carbocycles. The summed E-state index contributed by atoms with van der Waals surface area (Å²) < 4.78 is 15.0. The molecule has 2 amide bonds. The van der Waals surface area contributed by atoms with Crippen molar-refractivity contribution in [2.24, 2.45) is 11.3 Å². The molecule has 1 aromatic carbocycles. The molecule has 0 radical (unpaired) electrons. The summed E-state index contributed by atoms with van der Waals surface area (Å²) in [5, 5.41) is 5.38. The van der Waals surface area contributed by atoms with Crippen molar-refractivity contribution in [3.05, 3.63) is 42.5 Å². The predicted octanol–water partition coefficient (Wildman–Crippen LogP) is 2.65. The summed E-state index contributed by atoms with van der Waals surface area (Å²) in [6.45, 7) is 6.72. The van der Waals surface area contributed by atoms with Gasteiger partial charge in [-0.15, -0.1) is 0 Å². The van der Waals surface area contributed by atoms with E-state index in [-0.39, 0.29) is 17.6 Å². The molecular formula is C28H36FN7O2. The van der Waals surface area contributed by atoms with Crippen LogP contribution in [0.3, 0.4) is 0 Å². The highest BCUT2D eigenvalue weighted by Crippen LogP contribution is 2.53. The summed E-state index contributed by atoms with van der Waals surface area (Å²) in [5.41, 5.74) is 1.67. The van der Waals surface area contributed by atoms with Crippen molar-refractivity contribution < 1.29 is 14.0 Å². The number of amides is 2. The van der Waals surface area contributed by atoms with Gasteiger partial charge >= 0.3 is 0 Å². The second kappa shape index (κ2) is 10.5. The third-order valence-electron chi connectivity index (χ3n) is 8.86. The second-order valence-corrected chi connectivity index (χ2v) is 11.4. The van der Waals surface area contributed by atoms with Crippen molar-refractivity contribution in [2.45, 2.75) is 44.6 Å². The number of hydrogen-bond acceptors (Lipinski definition) is 8. The number of nitrogens with one attached hydrogen (secondary N) is 2. The van der Waals surface area contributed by atoms with Crippen LogP contribution in [-0.4, -0.2) is 78.5 Å². The number of piperidine rings is 2. The fourth-order valence-electron chi connectivity index (χ4n) is 6.76. The number of hydrogen-bond donors (Lipinski definition) is 2. The maximum absolute atomic E-state index is 15.0. The number of aromatic nitrogens is 2. The number of carbonyl (C=O) groups is 2. The minimum Gasteiger partial charge on any atom is -0.374 e. The molecular weight excluding hydrogens is 485 g/mol. The fourth-order valence-corrected chi connectivity index (χ4v) is 6.76. The lowest BCUT2D eigenvalue weighted by Crippen LogP contribution is -2.53. The van der Waals surface area contributed by atoms with Crippen molar-refractivity contribution in [1.29, 1.82) is 0 Å². The zero-order chi connectivity index (χ0) is 26.1. The Bertz CT molecular complexity index is 1160. The Morgan fingerprint density at radius 2 is 1.74 bits per heavy atom. The molecule has 4 heterocycles. The molecule has 1 atom stereocenters. The van der Waals surface area contributed by atoms with Crippen LogP contribution in [0.2, 0.25) is 0 Å². The highest BCUT2D eigenvalue weighted by atomic mass is 19.1. The molecule has 9 nitrogen and oxygen atoms in total. The third kappa shape index (κ3) is 5.32. The van der Waals surface area contributed by atoms with E-state index in [0.717, 1.165) is 57.7 Å². The van der Waals surface area contributed by atoms with E-state index in [1.165, 1.54) is 31.7 Å². The molecule has 38 heavy (non-hydrogen) atoms. The molecule has 1 aliphatic carbocycles. The predicted molar refractivity (Wildman–Crippen MR) is 143 cm³/mol. The van der Waals surface area contributed by atoms with Gasteiger partial charge in [0.1, 0.15) is 11.9 Å². The first-order chi connectivity index (χ1) is 18.5. The van der Waals surface area contributed by atoms with E-state index in [9.17, 15) is 14.0 Å². The molecule has 1 aromatic heterocycles. The number of piperazine rings is 1. The van der Waals surface area contributed by atoms with Gasteiger partial charge in [-0.3, -0.25) is 19.8 Å². The number of nitrogens with zero attached hydrogens (tertiary/aromatic N) is 5. The standard InChI is InChI=1S/C28H36FN7O2/c29-22-16-21(32-23-3-5-25(37)33-26(23)38)2-4-24(22)35-14-12-34(13-15-35)19-20-17-28(18-20)6-10-36(11-7-28)27-30-8-1-9-31-27/h1-2,4,8-9,16,20,23,32H,3,5-7,10-15,17-19H2,(H,33,37,38). The molecule has 4 aliphatic rings. The Kier molecular flexibility index (Phi) is 6.90. The van der Waals surface area contributed by atoms with Gasteiger partial charge in [-0.25, -0.2) is 14.4 Å². The van der Waals surface area contributed by atoms with Crippen LogP contribution in [0, 0.1) is 17.2 Å². The molecule has 202 valence electrons. The van der Waals surface area contributed by atoms with Crippen molar-refractivity contribution in [1.82, 2.24) is 20.2 Å². The first-order valence-corrected chi connectivity index (χ1v) is 13.9. The maximum Gasteiger partial charge on any atom is 0.249 e. The van der Waals surface area contributed by atoms with Crippen molar-refractivity contribution >= 4 is 29.1 Å². The summed E-state index contributed by atoms with van der Waals surface area (Å²) >= 11 is 0. The second-order valence-electron chi connectivity index (χ2n) is 11.4. The topological polar surface area (TPSA) is 93.7 Å². The Labute approximate surface area is 222 Å². The summed E-state index contributed by atoms with van der Waals surface area (Å²) in [4.78, 5) is 39.1. The number of benzene rings is 1. The molecule has 6 rings (SSSR count). The maximum atomic E-state index is 15.0. The van der Waals surface area contributed by atoms with Gasteiger partial charge in [-0.05, 0) is 67.7 Å². The normalized spacial score (nSPS) is 24.3. The third-order valence-corrected chi connectivity index (χ3v) is 8.86. The van der Waals surface area contributed by atoms with E-state index in [4.69, 9.17) is 0 Å². The molecule has 3 saturated heterocycles. The van der Waals surface area contributed by atoms with E-state index >= 15 is 0 Å². The summed E-state index contributed by atoms with van der Waals surface area (Å²) in [6, 6.07) is 6.41. The average molecular weight is 522 g/mol. The SMILES string of the molecule is O=C1CCC(Nc2ccc(N3CCN(CC4CC5(CCN(c6ncccn6)CC5)C4)CC3)c(F)c2)C(=O)N1. The number of carbonyl (C=O) groups excluding carboxylic acids is 2. The van der Waals surface area contributed by atoms with Gasteiger partial charge in [-0.2, -0.15) is 0 Å². The lowest BCUT2D eigenvalue weighted by molar-refractivity contribution is -0.133. The van der Waals surface area contributed by atoms with Crippen LogP contribution in [0.15, 0.2) is 36.7 Å². The number of anilines is 3. The highest BCUT2D eigenvalue weighted by molar-refractivity contribution is 6.01. The minimum atomic E-state index is -0.516.